The zero-order valence-electron chi connectivity index (χ0n) is 23.9. The largest absolute Gasteiger partial charge is 0.427 e. The van der Waals surface area contributed by atoms with Crippen molar-refractivity contribution in [2.24, 2.45) is 5.92 Å². The van der Waals surface area contributed by atoms with E-state index in [2.05, 4.69) is 23.1 Å². The van der Waals surface area contributed by atoms with Gasteiger partial charge in [0.2, 0.25) is 0 Å². The van der Waals surface area contributed by atoms with Gasteiger partial charge in [0, 0.05) is 51.2 Å². The van der Waals surface area contributed by atoms with Crippen LogP contribution in [0.1, 0.15) is 61.4 Å². The number of ether oxygens (including phenoxy) is 2. The summed E-state index contributed by atoms with van der Waals surface area (Å²) in [5.41, 5.74) is 1.17. The fraction of sp³-hybridized carbons (Fsp3) is 0.471. The summed E-state index contributed by atoms with van der Waals surface area (Å²) in [4.78, 5) is 30.2. The number of hydrogen-bond acceptors (Lipinski definition) is 5. The van der Waals surface area contributed by atoms with Crippen molar-refractivity contribution < 1.29 is 19.1 Å². The average Bonchev–Trinajstić information content (AvgIpc) is 3.79. The van der Waals surface area contributed by atoms with E-state index in [1.54, 1.807) is 0 Å². The Labute approximate surface area is 237 Å². The van der Waals surface area contributed by atoms with Gasteiger partial charge in [-0.1, -0.05) is 42.5 Å². The summed E-state index contributed by atoms with van der Waals surface area (Å²) >= 11 is 0. The van der Waals surface area contributed by atoms with Crippen LogP contribution in [0.4, 0.5) is 0 Å². The second kappa shape index (κ2) is 10.6. The average molecular weight is 541 g/mol. The molecule has 3 aromatic carbocycles. The smallest absolute Gasteiger partial charge is 0.308 e. The topological polar surface area (TPSA) is 59.1 Å². The Morgan fingerprint density at radius 3 is 2.52 bits per heavy atom. The number of piperidine rings is 1. The Hall–Kier alpha value is -3.22. The Balaban J connectivity index is 1.33. The molecule has 1 aliphatic heterocycles. The minimum absolute atomic E-state index is 0.0515. The predicted octanol–water partition coefficient (Wildman–Crippen LogP) is 5.83. The van der Waals surface area contributed by atoms with Crippen molar-refractivity contribution >= 4 is 22.6 Å². The molecule has 1 heterocycles. The van der Waals surface area contributed by atoms with Crippen molar-refractivity contribution in [2.75, 3.05) is 33.8 Å². The van der Waals surface area contributed by atoms with E-state index >= 15 is 0 Å². The number of benzene rings is 3. The first-order valence-corrected chi connectivity index (χ1v) is 14.6. The lowest BCUT2D eigenvalue weighted by Gasteiger charge is -2.60. The van der Waals surface area contributed by atoms with E-state index in [9.17, 15) is 9.59 Å². The van der Waals surface area contributed by atoms with Gasteiger partial charge in [-0.25, -0.2) is 0 Å². The number of carbonyl (C=O) groups excluding carboxylic acids is 2. The number of carbonyl (C=O) groups is 2. The van der Waals surface area contributed by atoms with E-state index in [-0.39, 0.29) is 28.9 Å². The summed E-state index contributed by atoms with van der Waals surface area (Å²) in [6.07, 6.45) is 6.14. The third kappa shape index (κ3) is 4.92. The Morgan fingerprint density at radius 1 is 0.975 bits per heavy atom. The number of nitrogens with zero attached hydrogens (tertiary/aromatic N) is 2. The normalized spacial score (nSPS) is 26.7. The predicted molar refractivity (Wildman–Crippen MR) is 157 cm³/mol. The van der Waals surface area contributed by atoms with Crippen LogP contribution in [0.2, 0.25) is 0 Å². The van der Waals surface area contributed by atoms with Gasteiger partial charge in [-0.3, -0.25) is 9.59 Å². The van der Waals surface area contributed by atoms with Crippen LogP contribution in [-0.2, 0) is 14.9 Å². The molecule has 3 aromatic rings. The number of fused-ring (bicyclic) bond motifs is 2. The van der Waals surface area contributed by atoms with Crippen LogP contribution in [0.15, 0.2) is 66.7 Å². The third-order valence-corrected chi connectivity index (χ3v) is 9.79. The molecular weight excluding hydrogens is 500 g/mol. The molecule has 3 atom stereocenters. The number of hydrogen-bond donors (Lipinski definition) is 0. The minimum Gasteiger partial charge on any atom is -0.427 e. The van der Waals surface area contributed by atoms with Crippen molar-refractivity contribution in [3.8, 4) is 5.75 Å². The van der Waals surface area contributed by atoms with Crippen molar-refractivity contribution in [3.05, 3.63) is 77.9 Å². The van der Waals surface area contributed by atoms with Gasteiger partial charge in [0.25, 0.3) is 5.91 Å². The summed E-state index contributed by atoms with van der Waals surface area (Å²) in [5.74, 6) is 1.10. The van der Waals surface area contributed by atoms with Crippen molar-refractivity contribution in [2.45, 2.75) is 62.5 Å². The van der Waals surface area contributed by atoms with E-state index in [1.807, 2.05) is 67.6 Å². The fourth-order valence-electron chi connectivity index (χ4n) is 7.43. The highest BCUT2D eigenvalue weighted by atomic mass is 16.5. The van der Waals surface area contributed by atoms with E-state index in [0.717, 1.165) is 73.1 Å². The van der Waals surface area contributed by atoms with Gasteiger partial charge < -0.3 is 19.3 Å². The minimum atomic E-state index is -0.377. The van der Waals surface area contributed by atoms with Crippen LogP contribution in [0.5, 0.6) is 5.75 Å². The summed E-state index contributed by atoms with van der Waals surface area (Å²) in [6, 6.07) is 22.2. The van der Waals surface area contributed by atoms with E-state index in [1.165, 1.54) is 19.8 Å². The molecule has 3 aliphatic rings. The molecule has 3 fully saturated rings. The maximum Gasteiger partial charge on any atom is 0.308 e. The van der Waals surface area contributed by atoms with Crippen LogP contribution >= 0.6 is 0 Å². The summed E-state index contributed by atoms with van der Waals surface area (Å²) in [5, 5.41) is 2.21. The van der Waals surface area contributed by atoms with Crippen molar-refractivity contribution in [3.63, 3.8) is 0 Å². The number of likely N-dealkylation sites (tertiary alicyclic amines) is 1. The molecule has 40 heavy (non-hydrogen) atoms. The molecule has 0 bridgehead atoms. The summed E-state index contributed by atoms with van der Waals surface area (Å²) in [6.45, 7) is 4.45. The number of amides is 1. The van der Waals surface area contributed by atoms with Crippen LogP contribution in [0.25, 0.3) is 10.8 Å². The first-order chi connectivity index (χ1) is 19.3. The number of esters is 1. The van der Waals surface area contributed by atoms with Gasteiger partial charge in [0.05, 0.1) is 5.60 Å². The molecule has 6 heteroatoms. The second-order valence-electron chi connectivity index (χ2n) is 12.2. The fourth-order valence-corrected chi connectivity index (χ4v) is 7.43. The Morgan fingerprint density at radius 2 is 1.77 bits per heavy atom. The van der Waals surface area contributed by atoms with Crippen molar-refractivity contribution in [1.82, 2.24) is 9.80 Å². The molecule has 0 N–H and O–H groups in total. The van der Waals surface area contributed by atoms with Gasteiger partial charge in [0.1, 0.15) is 5.75 Å². The molecule has 1 saturated heterocycles. The molecule has 210 valence electrons. The highest BCUT2D eigenvalue weighted by molar-refractivity contribution is 5.98. The molecule has 1 amide bonds. The van der Waals surface area contributed by atoms with Crippen LogP contribution in [-0.4, -0.2) is 67.1 Å². The molecule has 2 saturated carbocycles. The summed E-state index contributed by atoms with van der Waals surface area (Å²) in [7, 11) is 3.81. The number of methoxy groups -OCH3 is 1. The molecule has 0 aromatic heterocycles. The highest BCUT2D eigenvalue weighted by Crippen LogP contribution is 2.55. The molecule has 2 aliphatic carbocycles. The highest BCUT2D eigenvalue weighted by Gasteiger charge is 2.59. The molecule has 6 nitrogen and oxygen atoms in total. The zero-order valence-corrected chi connectivity index (χ0v) is 23.9. The molecular formula is C34H40N2O4. The van der Waals surface area contributed by atoms with Crippen molar-refractivity contribution in [1.29, 1.82) is 0 Å². The van der Waals surface area contributed by atoms with Crippen LogP contribution in [0.3, 0.4) is 0 Å². The SMILES string of the molecule is CO[C@]12CC[C@H](N(C)C(=O)c3ccc4ccccc4c3)C[C@]1(c1cccc(OC(C)=O)c1)CCN(CC1CC1)C2. The molecule has 0 unspecified atom stereocenters. The van der Waals surface area contributed by atoms with E-state index < -0.39 is 0 Å². The lowest BCUT2D eigenvalue weighted by atomic mass is 9.55. The lowest BCUT2D eigenvalue weighted by molar-refractivity contribution is -0.153. The zero-order chi connectivity index (χ0) is 27.9. The maximum absolute atomic E-state index is 13.8. The quantitative estimate of drug-likeness (QED) is 0.279. The number of rotatable bonds is 7. The standard InChI is InChI=1S/C34H40N2O4/c1-24(37)40-31-10-6-9-29(20-31)33-17-18-36(22-25-11-12-25)23-34(33,39-3)16-15-30(21-33)35(2)32(38)28-14-13-26-7-4-5-8-27(26)19-28/h4-10,13-14,19-20,25,30H,11-12,15-18,21-23H2,1-3H3/t30-,33-,34-/m0/s1. The van der Waals surface area contributed by atoms with Crippen LogP contribution in [0, 0.1) is 5.92 Å². The molecule has 6 rings (SSSR count). The molecule has 0 radical (unpaired) electrons. The van der Waals surface area contributed by atoms with Gasteiger partial charge in [0.15, 0.2) is 0 Å². The van der Waals surface area contributed by atoms with Gasteiger partial charge in [-0.05, 0) is 91.6 Å². The lowest BCUT2D eigenvalue weighted by Crippen LogP contribution is -2.68. The third-order valence-electron chi connectivity index (χ3n) is 9.79. The maximum atomic E-state index is 13.8. The summed E-state index contributed by atoms with van der Waals surface area (Å²) < 4.78 is 12.1. The first-order valence-electron chi connectivity index (χ1n) is 14.6. The van der Waals surface area contributed by atoms with E-state index in [4.69, 9.17) is 9.47 Å². The first kappa shape index (κ1) is 27.0. The van der Waals surface area contributed by atoms with E-state index in [0.29, 0.717) is 5.75 Å². The monoisotopic (exact) mass is 540 g/mol. The molecule has 0 spiro atoms. The Bertz CT molecular complexity index is 1420. The second-order valence-corrected chi connectivity index (χ2v) is 12.2. The Kier molecular flexibility index (Phi) is 7.18. The van der Waals surface area contributed by atoms with Gasteiger partial charge in [-0.2, -0.15) is 0 Å². The van der Waals surface area contributed by atoms with Gasteiger partial charge >= 0.3 is 5.97 Å². The van der Waals surface area contributed by atoms with Gasteiger partial charge in [-0.15, -0.1) is 0 Å². The van der Waals surface area contributed by atoms with Crippen LogP contribution < -0.4 is 4.74 Å².